The van der Waals surface area contributed by atoms with Gasteiger partial charge in [-0.3, -0.25) is 0 Å². The van der Waals surface area contributed by atoms with Crippen molar-refractivity contribution < 1.29 is 0 Å². The molecule has 0 aromatic heterocycles. The minimum absolute atomic E-state index is 0.263. The molecule has 0 aliphatic carbocycles. The molecule has 0 spiro atoms. The van der Waals surface area contributed by atoms with Crippen molar-refractivity contribution in [2.45, 2.75) is 45.4 Å². The quantitative estimate of drug-likeness (QED) is 0.490. The van der Waals surface area contributed by atoms with Crippen LogP contribution >= 0.6 is 0 Å². The van der Waals surface area contributed by atoms with Crippen LogP contribution in [0.1, 0.15) is 44.4 Å². The van der Waals surface area contributed by atoms with E-state index in [0.717, 1.165) is 40.0 Å². The molecule has 5 rings (SSSR count). The summed E-state index contributed by atoms with van der Waals surface area (Å²) < 4.78 is 0. The lowest BCUT2D eigenvalue weighted by atomic mass is 9.79. The topological polar surface area (TPSA) is 49.4 Å². The maximum atomic E-state index is 4.87. The summed E-state index contributed by atoms with van der Waals surface area (Å²) in [6.07, 6.45) is 8.15. The van der Waals surface area contributed by atoms with Gasteiger partial charge in [-0.05, 0) is 72.2 Å². The normalized spacial score (nSPS) is 20.2. The molecule has 0 saturated carbocycles. The predicted molar refractivity (Wildman–Crippen MR) is 131 cm³/mol. The molecule has 0 unspecified atom stereocenters. The minimum atomic E-state index is -0.268. The van der Waals surface area contributed by atoms with Crippen molar-refractivity contribution in [2.24, 2.45) is 20.0 Å². The van der Waals surface area contributed by atoms with Gasteiger partial charge < -0.3 is 0 Å². The van der Waals surface area contributed by atoms with Crippen LogP contribution in [-0.4, -0.2) is 23.1 Å². The number of hydrogen-bond donors (Lipinski definition) is 0. The zero-order chi connectivity index (χ0) is 21.8. The molecule has 2 aromatic carbocycles. The molecule has 0 N–H and O–H groups in total. The Morgan fingerprint density at radius 3 is 1.84 bits per heavy atom. The molecule has 3 heterocycles. The molecule has 0 fully saturated rings. The van der Waals surface area contributed by atoms with Crippen molar-refractivity contribution in [1.82, 2.24) is 0 Å². The lowest BCUT2D eigenvalue weighted by Gasteiger charge is -2.25. The number of nitrogens with zero attached hydrogens (tertiary/aromatic N) is 4. The summed E-state index contributed by atoms with van der Waals surface area (Å²) in [4.78, 5) is 19.4. The van der Waals surface area contributed by atoms with E-state index >= 15 is 0 Å². The molecule has 0 amide bonds. The van der Waals surface area contributed by atoms with E-state index < -0.39 is 0 Å². The molecule has 8 bridgehead atoms. The smallest absolute Gasteiger partial charge is 0.152 e. The Morgan fingerprint density at radius 1 is 0.581 bits per heavy atom. The van der Waals surface area contributed by atoms with Gasteiger partial charge in [0, 0.05) is 10.8 Å². The number of allylic oxidation sites excluding steroid dienone is 2. The second-order valence-electron chi connectivity index (χ2n) is 9.46. The fourth-order valence-corrected chi connectivity index (χ4v) is 4.24. The first-order chi connectivity index (χ1) is 14.7. The van der Waals surface area contributed by atoms with Gasteiger partial charge in [0.25, 0.3) is 0 Å². The molecular weight excluding hydrogens is 380 g/mol. The number of hydrogen-bond acceptors (Lipinski definition) is 4. The van der Waals surface area contributed by atoms with Gasteiger partial charge in [0.05, 0.1) is 22.8 Å². The van der Waals surface area contributed by atoms with E-state index in [1.165, 1.54) is 11.1 Å². The van der Waals surface area contributed by atoms with Gasteiger partial charge in [-0.2, -0.15) is 0 Å². The maximum Gasteiger partial charge on any atom is 0.152 e. The van der Waals surface area contributed by atoms with Crippen molar-refractivity contribution in [1.29, 1.82) is 0 Å². The summed E-state index contributed by atoms with van der Waals surface area (Å²) in [5, 5.41) is 0. The van der Waals surface area contributed by atoms with Crippen LogP contribution in [0.4, 0.5) is 11.4 Å². The molecule has 31 heavy (non-hydrogen) atoms. The minimum Gasteiger partial charge on any atom is -0.233 e. The van der Waals surface area contributed by atoms with E-state index in [4.69, 9.17) is 20.0 Å². The van der Waals surface area contributed by atoms with Crippen molar-refractivity contribution in [3.8, 4) is 0 Å². The third-order valence-electron chi connectivity index (χ3n) is 6.37. The first kappa shape index (κ1) is 19.6. The van der Waals surface area contributed by atoms with Crippen LogP contribution in [0.25, 0.3) is 0 Å². The van der Waals surface area contributed by atoms with Gasteiger partial charge in [0.2, 0.25) is 0 Å². The van der Waals surface area contributed by atoms with Crippen molar-refractivity contribution in [3.05, 3.63) is 83.5 Å². The zero-order valence-corrected chi connectivity index (χ0v) is 18.6. The van der Waals surface area contributed by atoms with Gasteiger partial charge >= 0.3 is 0 Å². The van der Waals surface area contributed by atoms with E-state index in [9.17, 15) is 0 Å². The van der Waals surface area contributed by atoms with E-state index in [0.29, 0.717) is 0 Å². The SMILES string of the molecule is Cc1cc2cc(c1)C(C)(C)C1=NC(=Nc3cccc(c3)C(C)(C)C3=NC(=N2)C=C3)C=C1. The molecule has 0 radical (unpaired) electrons. The highest BCUT2D eigenvalue weighted by atomic mass is 15.0. The van der Waals surface area contributed by atoms with Crippen LogP contribution in [-0.2, 0) is 10.8 Å². The van der Waals surface area contributed by atoms with E-state index in [2.05, 4.69) is 83.2 Å². The standard InChI is InChI=1S/C27H26N4/c1-17-13-19-16-21(14-17)29-25-12-9-22(30-25)26(2,3)18-7-6-8-20(15-18)28-24-11-10-23(31-24)27(19,4)5/h6-16H,1-5H3. The second kappa shape index (κ2) is 6.81. The Labute approximate surface area is 183 Å². The van der Waals surface area contributed by atoms with Crippen LogP contribution in [0.2, 0.25) is 0 Å². The van der Waals surface area contributed by atoms with Crippen LogP contribution < -0.4 is 0 Å². The fraction of sp³-hybridized carbons (Fsp3) is 0.259. The van der Waals surface area contributed by atoms with Gasteiger partial charge in [-0.15, -0.1) is 0 Å². The van der Waals surface area contributed by atoms with E-state index in [1.807, 2.05) is 18.2 Å². The van der Waals surface area contributed by atoms with Gasteiger partial charge in [-0.1, -0.05) is 45.9 Å². The molecule has 4 heteroatoms. The monoisotopic (exact) mass is 406 g/mol. The van der Waals surface area contributed by atoms with Gasteiger partial charge in [0.1, 0.15) is 0 Å². The number of aryl methyl sites for hydroxylation is 1. The van der Waals surface area contributed by atoms with Crippen molar-refractivity contribution >= 4 is 34.5 Å². The highest BCUT2D eigenvalue weighted by Gasteiger charge is 2.30. The Balaban J connectivity index is 1.75. The first-order valence-corrected chi connectivity index (χ1v) is 10.7. The van der Waals surface area contributed by atoms with Gasteiger partial charge in [-0.25, -0.2) is 20.0 Å². The van der Waals surface area contributed by atoms with E-state index in [1.54, 1.807) is 0 Å². The van der Waals surface area contributed by atoms with Gasteiger partial charge in [0.15, 0.2) is 11.7 Å². The summed E-state index contributed by atoms with van der Waals surface area (Å²) in [6, 6.07) is 14.8. The molecule has 0 atom stereocenters. The molecule has 3 aliphatic rings. The lowest BCUT2D eigenvalue weighted by molar-refractivity contribution is 0.721. The summed E-state index contributed by atoms with van der Waals surface area (Å²) >= 11 is 0. The van der Waals surface area contributed by atoms with Crippen LogP contribution in [0, 0.1) is 6.92 Å². The molecule has 154 valence electrons. The molecular formula is C27H26N4. The third-order valence-corrected chi connectivity index (χ3v) is 6.37. The maximum absolute atomic E-state index is 4.87. The van der Waals surface area contributed by atoms with Crippen molar-refractivity contribution in [2.75, 3.05) is 0 Å². The molecule has 2 aromatic rings. The summed E-state index contributed by atoms with van der Waals surface area (Å²) in [5.41, 5.74) is 6.79. The Morgan fingerprint density at radius 2 is 1.16 bits per heavy atom. The molecule has 3 aliphatic heterocycles. The Bertz CT molecular complexity index is 1280. The van der Waals surface area contributed by atoms with Crippen LogP contribution in [0.5, 0.6) is 0 Å². The fourth-order valence-electron chi connectivity index (χ4n) is 4.24. The number of aliphatic imine (C=N–C) groups is 4. The third kappa shape index (κ3) is 3.42. The first-order valence-electron chi connectivity index (χ1n) is 10.7. The van der Waals surface area contributed by atoms with Crippen LogP contribution in [0.3, 0.4) is 0 Å². The highest BCUT2D eigenvalue weighted by Crippen LogP contribution is 2.34. The Hall–Kier alpha value is -3.40. The highest BCUT2D eigenvalue weighted by molar-refractivity contribution is 6.20. The second-order valence-corrected chi connectivity index (χ2v) is 9.46. The molecule has 0 saturated heterocycles. The van der Waals surface area contributed by atoms with E-state index in [-0.39, 0.29) is 10.8 Å². The summed E-state index contributed by atoms with van der Waals surface area (Å²) in [7, 11) is 0. The largest absolute Gasteiger partial charge is 0.233 e. The number of fused-ring (bicyclic) bond motifs is 6. The predicted octanol–water partition coefficient (Wildman–Crippen LogP) is 6.35. The zero-order valence-electron chi connectivity index (χ0n) is 18.6. The number of rotatable bonds is 0. The van der Waals surface area contributed by atoms with Crippen molar-refractivity contribution in [3.63, 3.8) is 0 Å². The number of benzene rings is 2. The summed E-state index contributed by atoms with van der Waals surface area (Å²) in [6.45, 7) is 10.9. The lowest BCUT2D eigenvalue weighted by Crippen LogP contribution is -2.27. The molecule has 4 nitrogen and oxygen atoms in total. The number of amidine groups is 2. The summed E-state index contributed by atoms with van der Waals surface area (Å²) in [5.74, 6) is 1.47. The average Bonchev–Trinajstić information content (AvgIpc) is 3.38. The van der Waals surface area contributed by atoms with Crippen LogP contribution in [0.15, 0.2) is 86.7 Å². The average molecular weight is 407 g/mol. The Kier molecular flexibility index (Phi) is 4.30.